The third kappa shape index (κ3) is 6.44. The van der Waals surface area contributed by atoms with Crippen molar-refractivity contribution in [3.8, 4) is 0 Å². The van der Waals surface area contributed by atoms with E-state index in [4.69, 9.17) is 21.1 Å². The zero-order valence-electron chi connectivity index (χ0n) is 18.9. The Bertz CT molecular complexity index is 1000. The van der Waals surface area contributed by atoms with E-state index in [-0.39, 0.29) is 24.2 Å². The summed E-state index contributed by atoms with van der Waals surface area (Å²) in [5.41, 5.74) is 0.938. The maximum Gasteiger partial charge on any atom is 0.410 e. The van der Waals surface area contributed by atoms with Crippen molar-refractivity contribution < 1.29 is 22.7 Å². The van der Waals surface area contributed by atoms with Gasteiger partial charge in [0.15, 0.2) is 0 Å². The van der Waals surface area contributed by atoms with Crippen molar-refractivity contribution in [1.82, 2.24) is 14.2 Å². The van der Waals surface area contributed by atoms with Crippen molar-refractivity contribution in [3.05, 3.63) is 59.4 Å². The van der Waals surface area contributed by atoms with Crippen molar-refractivity contribution >= 4 is 27.7 Å². The van der Waals surface area contributed by atoms with Crippen LogP contribution in [-0.2, 0) is 26.0 Å². The first-order chi connectivity index (χ1) is 15.9. The molecular formula is C23H30ClN3O5S. The summed E-state index contributed by atoms with van der Waals surface area (Å²) >= 11 is 5.95. The Hall–Kier alpha value is -2.20. The van der Waals surface area contributed by atoms with E-state index in [1.54, 1.807) is 36.5 Å². The number of benzene rings is 1. The fourth-order valence-electron chi connectivity index (χ4n) is 4.04. The molecule has 0 aliphatic carbocycles. The number of halogens is 1. The van der Waals surface area contributed by atoms with Crippen LogP contribution in [0.5, 0.6) is 0 Å². The molecule has 1 aromatic heterocycles. The molecule has 1 aliphatic rings. The first kappa shape index (κ1) is 25.4. The van der Waals surface area contributed by atoms with E-state index in [1.165, 1.54) is 16.4 Å². The van der Waals surface area contributed by atoms with Gasteiger partial charge in [0.1, 0.15) is 6.61 Å². The van der Waals surface area contributed by atoms with Gasteiger partial charge in [0.2, 0.25) is 10.0 Å². The fraction of sp³-hybridized carbons (Fsp3) is 0.478. The van der Waals surface area contributed by atoms with Crippen LogP contribution < -0.4 is 0 Å². The van der Waals surface area contributed by atoms with Gasteiger partial charge < -0.3 is 14.4 Å². The van der Waals surface area contributed by atoms with Gasteiger partial charge in [0.05, 0.1) is 17.5 Å². The number of pyridine rings is 1. The number of hydrogen-bond donors (Lipinski definition) is 0. The van der Waals surface area contributed by atoms with Crippen LogP contribution >= 0.6 is 11.6 Å². The average molecular weight is 496 g/mol. The monoisotopic (exact) mass is 495 g/mol. The molecule has 180 valence electrons. The standard InChI is InChI=1S/C23H30ClN3O5S/c1-3-26(15-18-11-13-25-14-12-18)23(28)32-17-21-6-4-5-20(16-31-2)27(21)33(29,30)22-9-7-19(24)8-10-22/h7-14,20-21H,3-6,15-17H2,1-2H3/t20-,21?/m1/s1. The Morgan fingerprint density at radius 1 is 1.12 bits per heavy atom. The Kier molecular flexibility index (Phi) is 9.08. The van der Waals surface area contributed by atoms with Gasteiger partial charge in [0, 0.05) is 43.7 Å². The van der Waals surface area contributed by atoms with Crippen molar-refractivity contribution in [2.75, 3.05) is 26.9 Å². The molecule has 0 bridgehead atoms. The van der Waals surface area contributed by atoms with E-state index in [0.29, 0.717) is 31.0 Å². The van der Waals surface area contributed by atoms with Gasteiger partial charge in [-0.2, -0.15) is 4.31 Å². The average Bonchev–Trinajstić information content (AvgIpc) is 2.82. The molecule has 0 saturated carbocycles. The third-order valence-electron chi connectivity index (χ3n) is 5.70. The number of amides is 1. The predicted molar refractivity (Wildman–Crippen MR) is 125 cm³/mol. The van der Waals surface area contributed by atoms with Crippen LogP contribution in [-0.4, -0.2) is 67.7 Å². The summed E-state index contributed by atoms with van der Waals surface area (Å²) in [7, 11) is -2.29. The molecule has 2 atom stereocenters. The molecule has 0 spiro atoms. The lowest BCUT2D eigenvalue weighted by atomic mass is 9.99. The number of aromatic nitrogens is 1. The number of sulfonamides is 1. The summed E-state index contributed by atoms with van der Waals surface area (Å²) in [5, 5.41) is 0.459. The topological polar surface area (TPSA) is 89.0 Å². The van der Waals surface area contributed by atoms with Crippen molar-refractivity contribution in [3.63, 3.8) is 0 Å². The number of piperidine rings is 1. The van der Waals surface area contributed by atoms with E-state index < -0.39 is 22.2 Å². The van der Waals surface area contributed by atoms with Crippen LogP contribution in [0.15, 0.2) is 53.7 Å². The van der Waals surface area contributed by atoms with Crippen LogP contribution in [0.25, 0.3) is 0 Å². The van der Waals surface area contributed by atoms with Crippen LogP contribution in [0.2, 0.25) is 5.02 Å². The summed E-state index contributed by atoms with van der Waals surface area (Å²) in [6.07, 6.45) is 4.95. The van der Waals surface area contributed by atoms with Gasteiger partial charge >= 0.3 is 6.09 Å². The first-order valence-corrected chi connectivity index (χ1v) is 12.8. The lowest BCUT2D eigenvalue weighted by Crippen LogP contribution is -2.53. The highest BCUT2D eigenvalue weighted by atomic mass is 35.5. The number of carbonyl (C=O) groups is 1. The second-order valence-corrected chi connectivity index (χ2v) is 10.2. The van der Waals surface area contributed by atoms with E-state index in [0.717, 1.165) is 12.0 Å². The predicted octanol–water partition coefficient (Wildman–Crippen LogP) is 3.95. The fourth-order valence-corrected chi connectivity index (χ4v) is 6.01. The summed E-state index contributed by atoms with van der Waals surface area (Å²) in [6.45, 7) is 2.96. The minimum atomic E-state index is -3.84. The Morgan fingerprint density at radius 3 is 2.36 bits per heavy atom. The van der Waals surface area contributed by atoms with Gasteiger partial charge in [-0.15, -0.1) is 0 Å². The van der Waals surface area contributed by atoms with E-state index in [2.05, 4.69) is 4.98 Å². The zero-order valence-corrected chi connectivity index (χ0v) is 20.5. The highest BCUT2D eigenvalue weighted by molar-refractivity contribution is 7.89. The molecule has 1 aromatic carbocycles. The van der Waals surface area contributed by atoms with Crippen LogP contribution in [0.3, 0.4) is 0 Å². The second kappa shape index (κ2) is 11.8. The molecule has 1 saturated heterocycles. The molecular weight excluding hydrogens is 466 g/mol. The number of ether oxygens (including phenoxy) is 2. The minimum absolute atomic E-state index is 0.0291. The highest BCUT2D eigenvalue weighted by Crippen LogP contribution is 2.31. The van der Waals surface area contributed by atoms with Gasteiger partial charge in [-0.25, -0.2) is 13.2 Å². The summed E-state index contributed by atoms with van der Waals surface area (Å²) in [4.78, 5) is 18.5. The maximum atomic E-state index is 13.5. The molecule has 0 radical (unpaired) electrons. The number of nitrogens with zero attached hydrogens (tertiary/aromatic N) is 3. The lowest BCUT2D eigenvalue weighted by molar-refractivity contribution is 0.0409. The summed E-state index contributed by atoms with van der Waals surface area (Å²) in [6, 6.07) is 8.95. The normalized spacial score (nSPS) is 19.2. The SMILES string of the molecule is CCN(Cc1ccncc1)C(=O)OCC1CCC[C@H](COC)N1S(=O)(=O)c1ccc(Cl)cc1. The third-order valence-corrected chi connectivity index (χ3v) is 7.98. The molecule has 3 rings (SSSR count). The van der Waals surface area contributed by atoms with Crippen molar-refractivity contribution in [2.24, 2.45) is 0 Å². The Balaban J connectivity index is 1.76. The summed E-state index contributed by atoms with van der Waals surface area (Å²) < 4.78 is 39.5. The molecule has 2 heterocycles. The van der Waals surface area contributed by atoms with Crippen LogP contribution in [0, 0.1) is 0 Å². The number of carbonyl (C=O) groups excluding carboxylic acids is 1. The Labute approximate surface area is 200 Å². The molecule has 1 aliphatic heterocycles. The van der Waals surface area contributed by atoms with Crippen LogP contribution in [0.1, 0.15) is 31.7 Å². The maximum absolute atomic E-state index is 13.5. The smallest absolute Gasteiger partial charge is 0.410 e. The van der Waals surface area contributed by atoms with E-state index >= 15 is 0 Å². The Morgan fingerprint density at radius 2 is 1.76 bits per heavy atom. The van der Waals surface area contributed by atoms with Gasteiger partial charge in [0.25, 0.3) is 0 Å². The number of methoxy groups -OCH3 is 1. The minimum Gasteiger partial charge on any atom is -0.448 e. The largest absolute Gasteiger partial charge is 0.448 e. The van der Waals surface area contributed by atoms with Crippen molar-refractivity contribution in [2.45, 2.75) is 49.7 Å². The van der Waals surface area contributed by atoms with Gasteiger partial charge in [-0.1, -0.05) is 18.0 Å². The molecule has 8 nitrogen and oxygen atoms in total. The van der Waals surface area contributed by atoms with Gasteiger partial charge in [-0.3, -0.25) is 4.98 Å². The van der Waals surface area contributed by atoms with Crippen LogP contribution in [0.4, 0.5) is 4.79 Å². The number of rotatable bonds is 9. The molecule has 2 aromatic rings. The quantitative estimate of drug-likeness (QED) is 0.523. The molecule has 33 heavy (non-hydrogen) atoms. The molecule has 1 unspecified atom stereocenters. The molecule has 10 heteroatoms. The lowest BCUT2D eigenvalue weighted by Gasteiger charge is -2.40. The molecule has 0 N–H and O–H groups in total. The molecule has 1 amide bonds. The zero-order chi connectivity index (χ0) is 23.8. The number of hydrogen-bond acceptors (Lipinski definition) is 6. The van der Waals surface area contributed by atoms with Gasteiger partial charge in [-0.05, 0) is 61.7 Å². The highest BCUT2D eigenvalue weighted by Gasteiger charge is 2.40. The first-order valence-electron chi connectivity index (χ1n) is 11.0. The van der Waals surface area contributed by atoms with Crippen molar-refractivity contribution in [1.29, 1.82) is 0 Å². The van der Waals surface area contributed by atoms with E-state index in [9.17, 15) is 13.2 Å². The van der Waals surface area contributed by atoms with E-state index in [1.807, 2.05) is 19.1 Å². The molecule has 1 fully saturated rings. The summed E-state index contributed by atoms with van der Waals surface area (Å²) in [5.74, 6) is 0. The second-order valence-electron chi connectivity index (χ2n) is 7.93.